The molecular formula is C14H18N2O4. The van der Waals surface area contributed by atoms with E-state index in [4.69, 9.17) is 5.11 Å². The van der Waals surface area contributed by atoms with Crippen molar-refractivity contribution in [3.63, 3.8) is 0 Å². The van der Waals surface area contributed by atoms with Gasteiger partial charge in [-0.25, -0.2) is 4.79 Å². The summed E-state index contributed by atoms with van der Waals surface area (Å²) in [6.07, 6.45) is 3.55. The first-order chi connectivity index (χ1) is 9.52. The highest BCUT2D eigenvalue weighted by Crippen LogP contribution is 2.33. The highest BCUT2D eigenvalue weighted by atomic mass is 16.6. The van der Waals surface area contributed by atoms with Gasteiger partial charge in [-0.1, -0.05) is 6.42 Å². The van der Waals surface area contributed by atoms with Crippen molar-refractivity contribution in [3.8, 4) is 0 Å². The number of hydrogen-bond acceptors (Lipinski definition) is 4. The maximum atomic E-state index is 11.2. The second kappa shape index (κ2) is 5.90. The predicted octanol–water partition coefficient (Wildman–Crippen LogP) is 2.92. The lowest BCUT2D eigenvalue weighted by molar-refractivity contribution is -0.384. The molecular weight excluding hydrogens is 260 g/mol. The average molecular weight is 278 g/mol. The summed E-state index contributed by atoms with van der Waals surface area (Å²) < 4.78 is 0. The molecule has 108 valence electrons. The summed E-state index contributed by atoms with van der Waals surface area (Å²) in [4.78, 5) is 23.6. The Labute approximate surface area is 117 Å². The Morgan fingerprint density at radius 2 is 2.20 bits per heavy atom. The van der Waals surface area contributed by atoms with Gasteiger partial charge in [-0.15, -0.1) is 0 Å². The van der Waals surface area contributed by atoms with Crippen LogP contribution in [0.25, 0.3) is 0 Å². The second-order valence-corrected chi connectivity index (χ2v) is 5.10. The SMILES string of the molecule is CCN(CC1CCC1)c1ccc(C(=O)O)cc1[N+](=O)[O-]. The molecule has 6 nitrogen and oxygen atoms in total. The maximum Gasteiger partial charge on any atom is 0.335 e. The van der Waals surface area contributed by atoms with Crippen LogP contribution in [0, 0.1) is 16.0 Å². The normalized spacial score (nSPS) is 14.7. The van der Waals surface area contributed by atoms with Crippen LogP contribution < -0.4 is 4.90 Å². The maximum absolute atomic E-state index is 11.2. The molecule has 0 radical (unpaired) electrons. The van der Waals surface area contributed by atoms with Gasteiger partial charge in [-0.05, 0) is 37.8 Å². The number of anilines is 1. The molecule has 1 N–H and O–H groups in total. The number of nitro benzene ring substituents is 1. The van der Waals surface area contributed by atoms with E-state index in [9.17, 15) is 14.9 Å². The molecule has 0 unspecified atom stereocenters. The summed E-state index contributed by atoms with van der Waals surface area (Å²) in [5.41, 5.74) is 0.320. The summed E-state index contributed by atoms with van der Waals surface area (Å²) in [6.45, 7) is 3.42. The van der Waals surface area contributed by atoms with Crippen molar-refractivity contribution < 1.29 is 14.8 Å². The molecule has 0 heterocycles. The molecule has 0 amide bonds. The van der Waals surface area contributed by atoms with Gasteiger partial charge in [0.25, 0.3) is 5.69 Å². The minimum Gasteiger partial charge on any atom is -0.478 e. The van der Waals surface area contributed by atoms with Gasteiger partial charge in [0.2, 0.25) is 0 Å². The Hall–Kier alpha value is -2.11. The molecule has 0 aliphatic heterocycles. The number of aromatic carboxylic acids is 1. The van der Waals surface area contributed by atoms with Crippen LogP contribution in [0.5, 0.6) is 0 Å². The third-order valence-corrected chi connectivity index (χ3v) is 3.84. The molecule has 1 aliphatic carbocycles. The highest BCUT2D eigenvalue weighted by molar-refractivity contribution is 5.89. The van der Waals surface area contributed by atoms with E-state index in [1.165, 1.54) is 12.5 Å². The monoisotopic (exact) mass is 278 g/mol. The number of rotatable bonds is 6. The molecule has 0 saturated heterocycles. The quantitative estimate of drug-likeness (QED) is 0.639. The summed E-state index contributed by atoms with van der Waals surface area (Å²) >= 11 is 0. The Bertz CT molecular complexity index is 526. The van der Waals surface area contributed by atoms with Crippen LogP contribution in [0.1, 0.15) is 36.5 Å². The fourth-order valence-electron chi connectivity index (χ4n) is 2.45. The molecule has 20 heavy (non-hydrogen) atoms. The minimum atomic E-state index is -1.15. The van der Waals surface area contributed by atoms with Crippen molar-refractivity contribution in [3.05, 3.63) is 33.9 Å². The van der Waals surface area contributed by atoms with Gasteiger partial charge in [0, 0.05) is 19.2 Å². The zero-order valence-electron chi connectivity index (χ0n) is 11.4. The molecule has 1 aromatic carbocycles. The first-order valence-electron chi connectivity index (χ1n) is 6.79. The van der Waals surface area contributed by atoms with E-state index in [0.717, 1.165) is 25.5 Å². The number of carboxylic acids is 1. The standard InChI is InChI=1S/C14H18N2O4/c1-2-15(9-10-4-3-5-10)12-7-6-11(14(17)18)8-13(12)16(19)20/h6-8,10H,2-5,9H2,1H3,(H,17,18). The summed E-state index contributed by atoms with van der Waals surface area (Å²) in [6, 6.07) is 4.11. The third-order valence-electron chi connectivity index (χ3n) is 3.84. The molecule has 0 atom stereocenters. The topological polar surface area (TPSA) is 83.7 Å². The van der Waals surface area contributed by atoms with Gasteiger partial charge in [0.05, 0.1) is 10.5 Å². The van der Waals surface area contributed by atoms with Gasteiger partial charge in [0.1, 0.15) is 5.69 Å². The van der Waals surface area contributed by atoms with Gasteiger partial charge in [-0.2, -0.15) is 0 Å². The molecule has 1 saturated carbocycles. The smallest absolute Gasteiger partial charge is 0.335 e. The van der Waals surface area contributed by atoms with Crippen molar-refractivity contribution in [2.45, 2.75) is 26.2 Å². The van der Waals surface area contributed by atoms with Crippen LogP contribution in [-0.2, 0) is 0 Å². The molecule has 6 heteroatoms. The lowest BCUT2D eigenvalue weighted by atomic mass is 9.85. The van der Waals surface area contributed by atoms with Gasteiger partial charge < -0.3 is 10.0 Å². The Morgan fingerprint density at radius 3 is 2.65 bits per heavy atom. The van der Waals surface area contributed by atoms with Crippen LogP contribution in [-0.4, -0.2) is 29.1 Å². The zero-order valence-corrected chi connectivity index (χ0v) is 11.4. The largest absolute Gasteiger partial charge is 0.478 e. The lowest BCUT2D eigenvalue weighted by Gasteiger charge is -2.32. The van der Waals surface area contributed by atoms with E-state index < -0.39 is 10.9 Å². The zero-order chi connectivity index (χ0) is 14.7. The Balaban J connectivity index is 2.32. The molecule has 0 bridgehead atoms. The van der Waals surface area contributed by atoms with Gasteiger partial charge >= 0.3 is 5.97 Å². The number of nitro groups is 1. The van der Waals surface area contributed by atoms with Crippen LogP contribution in [0.4, 0.5) is 11.4 Å². The molecule has 0 spiro atoms. The molecule has 0 aromatic heterocycles. The van der Waals surface area contributed by atoms with Crippen molar-refractivity contribution in [2.75, 3.05) is 18.0 Å². The number of carbonyl (C=O) groups is 1. The summed E-state index contributed by atoms with van der Waals surface area (Å²) in [7, 11) is 0. The molecule has 1 aliphatic rings. The van der Waals surface area contributed by atoms with E-state index in [1.54, 1.807) is 6.07 Å². The first kappa shape index (κ1) is 14.3. The third kappa shape index (κ3) is 2.89. The van der Waals surface area contributed by atoms with Gasteiger partial charge in [-0.3, -0.25) is 10.1 Å². The molecule has 2 rings (SSSR count). The van der Waals surface area contributed by atoms with Crippen LogP contribution in [0.15, 0.2) is 18.2 Å². The van der Waals surface area contributed by atoms with E-state index >= 15 is 0 Å². The van der Waals surface area contributed by atoms with Crippen LogP contribution in [0.2, 0.25) is 0 Å². The fraction of sp³-hybridized carbons (Fsp3) is 0.500. The lowest BCUT2D eigenvalue weighted by Crippen LogP contribution is -2.32. The Morgan fingerprint density at radius 1 is 1.50 bits per heavy atom. The molecule has 1 aromatic rings. The number of benzene rings is 1. The van der Waals surface area contributed by atoms with Crippen molar-refractivity contribution in [1.82, 2.24) is 0 Å². The predicted molar refractivity (Wildman–Crippen MR) is 75.3 cm³/mol. The summed E-state index contributed by atoms with van der Waals surface area (Å²) in [5.74, 6) is -0.560. The minimum absolute atomic E-state index is 0.0554. The number of nitrogens with zero attached hydrogens (tertiary/aromatic N) is 2. The summed E-state index contributed by atoms with van der Waals surface area (Å²) in [5, 5.41) is 20.1. The number of carboxylic acid groups (broad SMARTS) is 1. The van der Waals surface area contributed by atoms with E-state index in [2.05, 4.69) is 0 Å². The fourth-order valence-corrected chi connectivity index (χ4v) is 2.45. The van der Waals surface area contributed by atoms with E-state index in [1.807, 2.05) is 11.8 Å². The van der Waals surface area contributed by atoms with E-state index in [0.29, 0.717) is 18.2 Å². The van der Waals surface area contributed by atoms with Crippen molar-refractivity contribution in [2.24, 2.45) is 5.92 Å². The van der Waals surface area contributed by atoms with Crippen LogP contribution in [0.3, 0.4) is 0 Å². The van der Waals surface area contributed by atoms with Crippen molar-refractivity contribution >= 4 is 17.3 Å². The number of hydrogen-bond donors (Lipinski definition) is 1. The first-order valence-corrected chi connectivity index (χ1v) is 6.79. The average Bonchev–Trinajstić information content (AvgIpc) is 2.37. The van der Waals surface area contributed by atoms with Crippen LogP contribution >= 0.6 is 0 Å². The van der Waals surface area contributed by atoms with E-state index in [-0.39, 0.29) is 11.3 Å². The van der Waals surface area contributed by atoms with Crippen molar-refractivity contribution in [1.29, 1.82) is 0 Å². The highest BCUT2D eigenvalue weighted by Gasteiger charge is 2.25. The Kier molecular flexibility index (Phi) is 4.22. The second-order valence-electron chi connectivity index (χ2n) is 5.10. The molecule has 1 fully saturated rings. The van der Waals surface area contributed by atoms with Gasteiger partial charge in [0.15, 0.2) is 0 Å².